The number of hydrogen-bond acceptors (Lipinski definition) is 6. The lowest BCUT2D eigenvalue weighted by Crippen LogP contribution is -2.56. The zero-order valence-corrected chi connectivity index (χ0v) is 17.4. The molecule has 1 atom stereocenters. The van der Waals surface area contributed by atoms with Gasteiger partial charge in [0.05, 0.1) is 23.5 Å². The van der Waals surface area contributed by atoms with E-state index in [0.29, 0.717) is 49.0 Å². The fourth-order valence-electron chi connectivity index (χ4n) is 4.19. The van der Waals surface area contributed by atoms with Gasteiger partial charge in [-0.3, -0.25) is 5.10 Å². The number of rotatable bonds is 5. The first-order valence-electron chi connectivity index (χ1n) is 10.2. The van der Waals surface area contributed by atoms with E-state index < -0.39 is 17.3 Å². The van der Waals surface area contributed by atoms with E-state index >= 15 is 0 Å². The fourth-order valence-corrected chi connectivity index (χ4v) is 4.19. The van der Waals surface area contributed by atoms with E-state index in [-0.39, 0.29) is 15.7 Å². The lowest BCUT2D eigenvalue weighted by Gasteiger charge is -2.43. The zero-order valence-electron chi connectivity index (χ0n) is 17.4. The number of ether oxygens (including phenoxy) is 1. The summed E-state index contributed by atoms with van der Waals surface area (Å²) in [5.74, 6) is 0.808. The van der Waals surface area contributed by atoms with Crippen LogP contribution in [0.3, 0.4) is 0 Å². The molecule has 0 radical (unpaired) electrons. The van der Waals surface area contributed by atoms with Crippen molar-refractivity contribution in [2.45, 2.75) is 32.0 Å². The van der Waals surface area contributed by atoms with E-state index in [0.717, 1.165) is 12.5 Å². The minimum atomic E-state index is -4.57. The van der Waals surface area contributed by atoms with Crippen LogP contribution in [-0.2, 0) is 10.9 Å². The van der Waals surface area contributed by atoms with Crippen LogP contribution >= 0.6 is 0 Å². The number of pyridine rings is 2. The molecule has 0 spiro atoms. The zero-order chi connectivity index (χ0) is 22.2. The second kappa shape index (κ2) is 8.08. The Hall–Kier alpha value is -2.72. The summed E-state index contributed by atoms with van der Waals surface area (Å²) in [6.07, 6.45) is -2.27. The highest BCUT2D eigenvalue weighted by Gasteiger charge is 2.39. The van der Waals surface area contributed by atoms with E-state index in [2.05, 4.69) is 34.0 Å². The Morgan fingerprint density at radius 2 is 2.13 bits per heavy atom. The van der Waals surface area contributed by atoms with Gasteiger partial charge in [0, 0.05) is 35.5 Å². The molecule has 1 aliphatic rings. The van der Waals surface area contributed by atoms with Gasteiger partial charge < -0.3 is 15.4 Å². The lowest BCUT2D eigenvalue weighted by molar-refractivity contribution is -0.137. The van der Waals surface area contributed by atoms with Crippen molar-refractivity contribution in [3.05, 3.63) is 36.0 Å². The van der Waals surface area contributed by atoms with E-state index in [1.54, 1.807) is 12.1 Å². The maximum absolute atomic E-state index is 13.8. The Morgan fingerprint density at radius 1 is 1.32 bits per heavy atom. The number of nitrogens with two attached hydrogens (primary N) is 1. The van der Waals surface area contributed by atoms with E-state index in [9.17, 15) is 13.2 Å². The lowest BCUT2D eigenvalue weighted by atomic mass is 9.90. The van der Waals surface area contributed by atoms with Gasteiger partial charge in [0.15, 0.2) is 5.65 Å². The third-order valence-electron chi connectivity index (χ3n) is 5.48. The van der Waals surface area contributed by atoms with Crippen molar-refractivity contribution in [1.82, 2.24) is 20.2 Å². The van der Waals surface area contributed by atoms with Crippen LogP contribution in [0.15, 0.2) is 30.5 Å². The monoisotopic (exact) mass is 440 g/mol. The topological polar surface area (TPSA) is 93.0 Å². The van der Waals surface area contributed by atoms with Crippen LogP contribution in [0.25, 0.3) is 22.4 Å². The van der Waals surface area contributed by atoms with Crippen LogP contribution in [0.1, 0.15) is 30.1 Å². The minimum Gasteiger partial charge on any atom is -0.370 e. The van der Waals surface area contributed by atoms with Gasteiger partial charge >= 0.3 is 6.18 Å². The summed E-state index contributed by atoms with van der Waals surface area (Å²) in [5, 5.41) is 7.21. The third-order valence-corrected chi connectivity index (χ3v) is 5.48. The number of morpholine rings is 1. The van der Waals surface area contributed by atoms with Gasteiger partial charge in [0.25, 0.3) is 0 Å². The Balaban J connectivity index is 0.00000193. The maximum Gasteiger partial charge on any atom is 0.418 e. The molecule has 4 rings (SSSR count). The van der Waals surface area contributed by atoms with Gasteiger partial charge in [-0.1, -0.05) is 13.8 Å². The van der Waals surface area contributed by atoms with E-state index in [4.69, 9.17) is 10.5 Å². The molecule has 1 fully saturated rings. The van der Waals surface area contributed by atoms with Gasteiger partial charge in [-0.2, -0.15) is 18.3 Å². The number of alkyl halides is 3. The Morgan fingerprint density at radius 3 is 2.84 bits per heavy atom. The predicted molar refractivity (Wildman–Crippen MR) is 118 cm³/mol. The number of nitrogens with one attached hydrogen (secondary N) is 1. The molecule has 0 aromatic carbocycles. The summed E-state index contributed by atoms with van der Waals surface area (Å²) in [7, 11) is 0. The first-order chi connectivity index (χ1) is 14.7. The molecular formula is C21H31F3N6O. The summed E-state index contributed by atoms with van der Waals surface area (Å²) in [6.45, 7) is 5.91. The van der Waals surface area contributed by atoms with Crippen LogP contribution in [0.5, 0.6) is 0 Å². The summed E-state index contributed by atoms with van der Waals surface area (Å²) in [5.41, 5.74) is 4.98. The molecular weight excluding hydrogens is 409 g/mol. The number of aromatic amines is 1. The molecule has 31 heavy (non-hydrogen) atoms. The summed E-state index contributed by atoms with van der Waals surface area (Å²) in [4.78, 5) is 10.5. The van der Waals surface area contributed by atoms with Crippen LogP contribution in [0.4, 0.5) is 19.0 Å². The quantitative estimate of drug-likeness (QED) is 0.613. The molecule has 3 N–H and O–H groups in total. The second-order valence-corrected chi connectivity index (χ2v) is 8.29. The Labute approximate surface area is 182 Å². The van der Waals surface area contributed by atoms with Crippen molar-refractivity contribution in [2.24, 2.45) is 11.7 Å². The first-order valence-corrected chi connectivity index (χ1v) is 10.2. The highest BCUT2D eigenvalue weighted by atomic mass is 19.4. The minimum absolute atomic E-state index is 0. The second-order valence-electron chi connectivity index (χ2n) is 8.29. The molecule has 3 aromatic rings. The summed E-state index contributed by atoms with van der Waals surface area (Å²) in [6, 6.07) is 5.81. The molecule has 1 unspecified atom stereocenters. The van der Waals surface area contributed by atoms with Crippen LogP contribution in [0.2, 0.25) is 0 Å². The van der Waals surface area contributed by atoms with E-state index in [1.165, 1.54) is 12.3 Å². The molecule has 0 bridgehead atoms. The number of anilines is 1. The molecule has 7 nitrogen and oxygen atoms in total. The predicted octanol–water partition coefficient (Wildman–Crippen LogP) is 4.36. The van der Waals surface area contributed by atoms with Crippen molar-refractivity contribution in [2.75, 3.05) is 31.1 Å². The highest BCUT2D eigenvalue weighted by Crippen LogP contribution is 2.39. The molecule has 1 aliphatic heterocycles. The number of hydrogen-bond donors (Lipinski definition) is 2. The smallest absolute Gasteiger partial charge is 0.370 e. The molecule has 0 amide bonds. The summed E-state index contributed by atoms with van der Waals surface area (Å²) < 4.78 is 47.4. The van der Waals surface area contributed by atoms with Crippen molar-refractivity contribution in [3.8, 4) is 11.4 Å². The average molecular weight is 441 g/mol. The van der Waals surface area contributed by atoms with Crippen molar-refractivity contribution in [1.29, 1.82) is 0 Å². The molecule has 4 heterocycles. The van der Waals surface area contributed by atoms with Gasteiger partial charge in [0.2, 0.25) is 0 Å². The van der Waals surface area contributed by atoms with Crippen molar-refractivity contribution in [3.63, 3.8) is 0 Å². The number of aromatic nitrogens is 4. The summed E-state index contributed by atoms with van der Waals surface area (Å²) >= 11 is 0. The molecule has 0 saturated carbocycles. The SMILES string of the molecule is CC(C)CC1(CN)CN(c2ccc(C(F)(F)F)c(-c3[nH]nc4ncccc34)n2)CCO1.[HH].[HH].[HH]. The third kappa shape index (κ3) is 4.22. The van der Waals surface area contributed by atoms with Gasteiger partial charge in [-0.15, -0.1) is 0 Å². The standard InChI is InChI=1S/C21H25F3N6O.3H2/c1-13(2)10-20(11-25)12-30(8-9-31-20)16-6-5-15(21(22,23)24)18(27-16)17-14-4-3-7-26-19(14)29-28-17;;;/h3-7,13H,8-12,25H2,1-2H3,(H,26,28,29);3*1H. The molecule has 0 aliphatic carbocycles. The van der Waals surface area contributed by atoms with Gasteiger partial charge in [-0.05, 0) is 36.6 Å². The number of fused-ring (bicyclic) bond motifs is 1. The average Bonchev–Trinajstić information content (AvgIpc) is 3.16. The largest absolute Gasteiger partial charge is 0.418 e. The van der Waals surface area contributed by atoms with Crippen LogP contribution in [-0.4, -0.2) is 52.0 Å². The number of halogens is 3. The number of nitrogens with zero attached hydrogens (tertiary/aromatic N) is 4. The van der Waals surface area contributed by atoms with Crippen molar-refractivity contribution < 1.29 is 22.2 Å². The normalized spacial score (nSPS) is 20.0. The van der Waals surface area contributed by atoms with Gasteiger partial charge in [-0.25, -0.2) is 9.97 Å². The highest BCUT2D eigenvalue weighted by molar-refractivity contribution is 5.90. The molecule has 172 valence electrons. The molecule has 1 saturated heterocycles. The van der Waals surface area contributed by atoms with Gasteiger partial charge in [0.1, 0.15) is 11.5 Å². The first kappa shape index (κ1) is 21.5. The number of H-pyrrole nitrogens is 1. The fraction of sp³-hybridized carbons (Fsp3) is 0.476. The Bertz CT molecular complexity index is 1080. The van der Waals surface area contributed by atoms with E-state index in [1.807, 2.05) is 4.90 Å². The molecule has 10 heteroatoms. The Kier molecular flexibility index (Phi) is 5.61. The van der Waals surface area contributed by atoms with Crippen LogP contribution in [0, 0.1) is 5.92 Å². The van der Waals surface area contributed by atoms with Crippen LogP contribution < -0.4 is 10.6 Å². The van der Waals surface area contributed by atoms with Crippen molar-refractivity contribution >= 4 is 16.9 Å². The molecule has 3 aromatic heterocycles. The maximum atomic E-state index is 13.8.